The lowest BCUT2D eigenvalue weighted by Crippen LogP contribution is -2.12. The normalized spacial score (nSPS) is 12.0. The predicted molar refractivity (Wildman–Crippen MR) is 75.7 cm³/mol. The van der Waals surface area contributed by atoms with Crippen LogP contribution >= 0.6 is 23.8 Å². The van der Waals surface area contributed by atoms with Crippen molar-refractivity contribution in [3.8, 4) is 5.82 Å². The van der Waals surface area contributed by atoms with Crippen LogP contribution in [0.25, 0.3) is 5.82 Å². The minimum atomic E-state index is -4.61. The fourth-order valence-corrected chi connectivity index (χ4v) is 2.78. The van der Waals surface area contributed by atoms with E-state index in [1.165, 1.54) is 11.7 Å². The highest BCUT2D eigenvalue weighted by molar-refractivity contribution is 7.80. The number of aryl methyl sites for hydroxylation is 2. The third-order valence-corrected chi connectivity index (χ3v) is 3.53. The van der Waals surface area contributed by atoms with Gasteiger partial charge < -0.3 is 5.73 Å². The SMILES string of the molecule is Cc1nn(-c2nn(C)c(C(F)(F)F)c2Cl)c(C)c1C(N)=S. The summed E-state index contributed by atoms with van der Waals surface area (Å²) >= 11 is 10.7. The van der Waals surface area contributed by atoms with Crippen molar-refractivity contribution < 1.29 is 13.2 Å². The molecular weight excluding hydrogens is 327 g/mol. The Morgan fingerprint density at radius 2 is 1.86 bits per heavy atom. The number of halogens is 4. The van der Waals surface area contributed by atoms with Gasteiger partial charge in [-0.25, -0.2) is 4.68 Å². The highest BCUT2D eigenvalue weighted by atomic mass is 35.5. The maximum absolute atomic E-state index is 12.9. The third-order valence-electron chi connectivity index (χ3n) is 2.98. The van der Waals surface area contributed by atoms with Crippen molar-refractivity contribution in [3.05, 3.63) is 27.7 Å². The van der Waals surface area contributed by atoms with E-state index >= 15 is 0 Å². The van der Waals surface area contributed by atoms with Gasteiger partial charge in [0, 0.05) is 7.05 Å². The molecule has 0 saturated heterocycles. The van der Waals surface area contributed by atoms with E-state index in [1.54, 1.807) is 13.8 Å². The molecule has 0 radical (unpaired) electrons. The molecule has 0 aliphatic heterocycles. The van der Waals surface area contributed by atoms with Gasteiger partial charge in [-0.05, 0) is 13.8 Å². The van der Waals surface area contributed by atoms with Gasteiger partial charge in [0.05, 0.1) is 17.0 Å². The lowest BCUT2D eigenvalue weighted by Gasteiger charge is -2.06. The zero-order chi connectivity index (χ0) is 16.1. The van der Waals surface area contributed by atoms with Gasteiger partial charge >= 0.3 is 6.18 Å². The summed E-state index contributed by atoms with van der Waals surface area (Å²) in [5.41, 5.74) is 6.03. The minimum Gasteiger partial charge on any atom is -0.389 e. The summed E-state index contributed by atoms with van der Waals surface area (Å²) in [5, 5.41) is 7.40. The highest BCUT2D eigenvalue weighted by Crippen LogP contribution is 2.37. The molecule has 5 nitrogen and oxygen atoms in total. The number of alkyl halides is 3. The Balaban J connectivity index is 2.70. The van der Waals surface area contributed by atoms with E-state index in [2.05, 4.69) is 10.2 Å². The summed E-state index contributed by atoms with van der Waals surface area (Å²) < 4.78 is 40.7. The van der Waals surface area contributed by atoms with E-state index in [1.807, 2.05) is 0 Å². The molecule has 0 aliphatic carbocycles. The van der Waals surface area contributed by atoms with Crippen LogP contribution in [-0.2, 0) is 13.2 Å². The topological polar surface area (TPSA) is 61.7 Å². The number of nitrogens with zero attached hydrogens (tertiary/aromatic N) is 4. The third kappa shape index (κ3) is 2.51. The summed E-state index contributed by atoms with van der Waals surface area (Å²) in [6, 6.07) is 0. The highest BCUT2D eigenvalue weighted by Gasteiger charge is 2.39. The molecule has 0 bridgehead atoms. The maximum atomic E-state index is 12.9. The molecule has 2 aromatic heterocycles. The van der Waals surface area contributed by atoms with Gasteiger partial charge in [0.15, 0.2) is 11.5 Å². The van der Waals surface area contributed by atoms with Crippen molar-refractivity contribution in [2.75, 3.05) is 0 Å². The van der Waals surface area contributed by atoms with Gasteiger partial charge in [0.1, 0.15) is 10.0 Å². The molecule has 114 valence electrons. The van der Waals surface area contributed by atoms with Crippen LogP contribution < -0.4 is 5.73 Å². The zero-order valence-electron chi connectivity index (χ0n) is 11.3. The minimum absolute atomic E-state index is 0.111. The Morgan fingerprint density at radius 3 is 2.24 bits per heavy atom. The zero-order valence-corrected chi connectivity index (χ0v) is 12.9. The molecular formula is C11H11ClF3N5S. The Hall–Kier alpha value is -1.61. The second kappa shape index (κ2) is 4.99. The van der Waals surface area contributed by atoms with E-state index in [0.29, 0.717) is 21.6 Å². The molecule has 2 heterocycles. The fourth-order valence-electron chi connectivity index (χ4n) is 2.13. The van der Waals surface area contributed by atoms with Crippen molar-refractivity contribution in [1.29, 1.82) is 0 Å². The number of nitrogens with two attached hydrogens (primary N) is 1. The maximum Gasteiger partial charge on any atom is 0.434 e. The summed E-state index contributed by atoms with van der Waals surface area (Å²) in [7, 11) is 1.17. The molecule has 0 unspecified atom stereocenters. The summed E-state index contributed by atoms with van der Waals surface area (Å²) in [5.74, 6) is -0.116. The van der Waals surface area contributed by atoms with Gasteiger partial charge in [-0.1, -0.05) is 23.8 Å². The molecule has 2 aromatic rings. The molecule has 0 saturated carbocycles. The van der Waals surface area contributed by atoms with Crippen LogP contribution in [0.3, 0.4) is 0 Å². The first-order chi connectivity index (χ1) is 9.55. The van der Waals surface area contributed by atoms with Gasteiger partial charge in [-0.3, -0.25) is 4.68 Å². The molecule has 10 heteroatoms. The first kappa shape index (κ1) is 15.8. The molecule has 0 aliphatic rings. The number of rotatable bonds is 2. The van der Waals surface area contributed by atoms with Crippen LogP contribution in [0.2, 0.25) is 5.02 Å². The van der Waals surface area contributed by atoms with Crippen LogP contribution in [-0.4, -0.2) is 24.5 Å². The first-order valence-electron chi connectivity index (χ1n) is 5.71. The van der Waals surface area contributed by atoms with Crippen LogP contribution in [0.1, 0.15) is 22.6 Å². The average Bonchev–Trinajstić information content (AvgIpc) is 2.75. The van der Waals surface area contributed by atoms with Crippen LogP contribution in [0.5, 0.6) is 0 Å². The Kier molecular flexibility index (Phi) is 3.75. The number of thiocarbonyl (C=S) groups is 1. The standard InChI is InChI=1S/C11H11ClF3N5S/c1-4-6(9(16)21)5(2)20(17-4)10-7(12)8(11(13,14)15)19(3)18-10/h1-3H3,(H2,16,21). The lowest BCUT2D eigenvalue weighted by atomic mass is 10.2. The van der Waals surface area contributed by atoms with Crippen molar-refractivity contribution in [1.82, 2.24) is 19.6 Å². The van der Waals surface area contributed by atoms with Crippen LogP contribution in [0.4, 0.5) is 13.2 Å². The molecule has 2 rings (SSSR count). The van der Waals surface area contributed by atoms with Gasteiger partial charge in [-0.15, -0.1) is 0 Å². The van der Waals surface area contributed by atoms with Crippen LogP contribution in [0.15, 0.2) is 0 Å². The molecule has 0 aromatic carbocycles. The van der Waals surface area contributed by atoms with Gasteiger partial charge in [-0.2, -0.15) is 23.4 Å². The monoisotopic (exact) mass is 337 g/mol. The smallest absolute Gasteiger partial charge is 0.389 e. The number of hydrogen-bond donors (Lipinski definition) is 1. The molecule has 0 atom stereocenters. The van der Waals surface area contributed by atoms with E-state index in [4.69, 9.17) is 29.6 Å². The molecule has 0 fully saturated rings. The van der Waals surface area contributed by atoms with Gasteiger partial charge in [0.25, 0.3) is 0 Å². The van der Waals surface area contributed by atoms with Crippen molar-refractivity contribution in [2.45, 2.75) is 20.0 Å². The van der Waals surface area contributed by atoms with Gasteiger partial charge in [0.2, 0.25) is 0 Å². The molecule has 0 amide bonds. The van der Waals surface area contributed by atoms with E-state index in [0.717, 1.165) is 0 Å². The van der Waals surface area contributed by atoms with Crippen molar-refractivity contribution in [2.24, 2.45) is 12.8 Å². The van der Waals surface area contributed by atoms with E-state index < -0.39 is 16.9 Å². The molecule has 21 heavy (non-hydrogen) atoms. The fraction of sp³-hybridized carbons (Fsp3) is 0.364. The second-order valence-electron chi connectivity index (χ2n) is 4.43. The quantitative estimate of drug-likeness (QED) is 0.855. The summed E-state index contributed by atoms with van der Waals surface area (Å²) in [6.07, 6.45) is -4.61. The van der Waals surface area contributed by atoms with Crippen molar-refractivity contribution >= 4 is 28.8 Å². The molecule has 0 spiro atoms. The van der Waals surface area contributed by atoms with Crippen molar-refractivity contribution in [3.63, 3.8) is 0 Å². The largest absolute Gasteiger partial charge is 0.434 e. The van der Waals surface area contributed by atoms with E-state index in [-0.39, 0.29) is 10.8 Å². The second-order valence-corrected chi connectivity index (χ2v) is 5.25. The van der Waals surface area contributed by atoms with E-state index in [9.17, 15) is 13.2 Å². The first-order valence-corrected chi connectivity index (χ1v) is 6.50. The number of hydrogen-bond acceptors (Lipinski definition) is 3. The Bertz CT molecular complexity index is 731. The molecule has 2 N–H and O–H groups in total. The average molecular weight is 338 g/mol. The lowest BCUT2D eigenvalue weighted by molar-refractivity contribution is -0.143. The Labute approximate surface area is 128 Å². The Morgan fingerprint density at radius 1 is 1.29 bits per heavy atom. The van der Waals surface area contributed by atoms with Crippen LogP contribution in [0, 0.1) is 13.8 Å². The summed E-state index contributed by atoms with van der Waals surface area (Å²) in [6.45, 7) is 3.28. The number of aromatic nitrogens is 4. The predicted octanol–water partition coefficient (Wildman–Crippen LogP) is 2.53. The summed E-state index contributed by atoms with van der Waals surface area (Å²) in [4.78, 5) is 0.111.